The first-order chi connectivity index (χ1) is 11.0. The molecule has 1 aliphatic rings. The lowest BCUT2D eigenvalue weighted by Gasteiger charge is -2.21. The van der Waals surface area contributed by atoms with E-state index in [1.54, 1.807) is 30.3 Å². The van der Waals surface area contributed by atoms with Crippen molar-refractivity contribution >= 4 is 21.5 Å². The van der Waals surface area contributed by atoms with E-state index in [4.69, 9.17) is 4.74 Å². The molecule has 2 atom stereocenters. The number of hydrogen-bond acceptors (Lipinski definition) is 5. The summed E-state index contributed by atoms with van der Waals surface area (Å²) < 4.78 is 29.3. The molecule has 2 aromatic rings. The number of carbonyl (C=O) groups is 1. The van der Waals surface area contributed by atoms with Crippen molar-refractivity contribution in [3.05, 3.63) is 66.2 Å². The van der Waals surface area contributed by atoms with Gasteiger partial charge in [-0.1, -0.05) is 36.4 Å². The number of sulfone groups is 1. The van der Waals surface area contributed by atoms with Gasteiger partial charge in [0.15, 0.2) is 9.84 Å². The second kappa shape index (κ2) is 6.42. The van der Waals surface area contributed by atoms with Gasteiger partial charge in [0.25, 0.3) is 0 Å². The number of hydrogen-bond donors (Lipinski definition) is 1. The lowest BCUT2D eigenvalue weighted by molar-refractivity contribution is 0.0337. The number of anilines is 1. The van der Waals surface area contributed by atoms with Gasteiger partial charge >= 0.3 is 5.97 Å². The molecule has 1 saturated heterocycles. The summed E-state index contributed by atoms with van der Waals surface area (Å²) in [5.74, 6) is -0.711. The molecule has 1 fully saturated rings. The van der Waals surface area contributed by atoms with Gasteiger partial charge < -0.3 is 10.1 Å². The fourth-order valence-electron chi connectivity index (χ4n) is 2.59. The van der Waals surface area contributed by atoms with Crippen LogP contribution in [0, 0.1) is 0 Å². The molecule has 0 radical (unpaired) electrons. The fourth-order valence-corrected chi connectivity index (χ4v) is 4.38. The molecule has 6 heteroatoms. The lowest BCUT2D eigenvalue weighted by Crippen LogP contribution is -2.35. The zero-order valence-corrected chi connectivity index (χ0v) is 13.2. The molecule has 2 aromatic carbocycles. The summed E-state index contributed by atoms with van der Waals surface area (Å²) in [7, 11) is -3.23. The van der Waals surface area contributed by atoms with Crippen LogP contribution in [-0.4, -0.2) is 38.0 Å². The quantitative estimate of drug-likeness (QED) is 0.869. The number of rotatable bonds is 4. The van der Waals surface area contributed by atoms with Crippen LogP contribution in [0.5, 0.6) is 0 Å². The number of ether oxygens (including phenoxy) is 1. The summed E-state index contributed by atoms with van der Waals surface area (Å²) in [5, 5.41) is 3.15. The third-order valence-corrected chi connectivity index (χ3v) is 5.40. The molecule has 0 amide bonds. The van der Waals surface area contributed by atoms with Gasteiger partial charge in [-0.15, -0.1) is 0 Å². The van der Waals surface area contributed by atoms with E-state index in [1.807, 2.05) is 30.3 Å². The van der Waals surface area contributed by atoms with Crippen molar-refractivity contribution in [2.24, 2.45) is 0 Å². The Balaban J connectivity index is 1.74. The zero-order chi connectivity index (χ0) is 16.3. The Morgan fingerprint density at radius 3 is 2.22 bits per heavy atom. The Kier molecular flexibility index (Phi) is 4.34. The van der Waals surface area contributed by atoms with Crippen LogP contribution in [0.25, 0.3) is 0 Å². The average Bonchev–Trinajstić information content (AvgIpc) is 2.82. The monoisotopic (exact) mass is 331 g/mol. The van der Waals surface area contributed by atoms with Gasteiger partial charge in [-0.05, 0) is 24.3 Å². The van der Waals surface area contributed by atoms with E-state index in [2.05, 4.69) is 5.32 Å². The van der Waals surface area contributed by atoms with Gasteiger partial charge in [0.2, 0.25) is 0 Å². The SMILES string of the molecule is O=C(O[C@H]1CS(=O)(=O)C[C@H]1Nc1ccccc1)c1ccccc1. The second-order valence-electron chi connectivity index (χ2n) is 5.50. The maximum Gasteiger partial charge on any atom is 0.338 e. The van der Waals surface area contributed by atoms with Crippen molar-refractivity contribution in [2.45, 2.75) is 12.1 Å². The molecule has 0 saturated carbocycles. The molecule has 1 N–H and O–H groups in total. The maximum absolute atomic E-state index is 12.2. The standard InChI is InChI=1S/C17H17NO4S/c19-17(13-7-3-1-4-8-13)22-16-12-23(20,21)11-15(16)18-14-9-5-2-6-10-14/h1-10,15-16,18H,11-12H2/t15-,16+/m1/s1. The minimum atomic E-state index is -3.23. The zero-order valence-electron chi connectivity index (χ0n) is 12.4. The summed E-state index contributed by atoms with van der Waals surface area (Å²) in [4.78, 5) is 12.2. The number of para-hydroxylation sites is 1. The van der Waals surface area contributed by atoms with Crippen molar-refractivity contribution in [3.8, 4) is 0 Å². The number of esters is 1. The van der Waals surface area contributed by atoms with Crippen molar-refractivity contribution in [1.29, 1.82) is 0 Å². The van der Waals surface area contributed by atoms with Crippen molar-refractivity contribution < 1.29 is 17.9 Å². The Morgan fingerprint density at radius 1 is 0.957 bits per heavy atom. The molecule has 1 heterocycles. The summed E-state index contributed by atoms with van der Waals surface area (Å²) in [6, 6.07) is 17.4. The highest BCUT2D eigenvalue weighted by molar-refractivity contribution is 7.91. The number of benzene rings is 2. The van der Waals surface area contributed by atoms with E-state index in [9.17, 15) is 13.2 Å². The van der Waals surface area contributed by atoms with Gasteiger partial charge in [0, 0.05) is 5.69 Å². The van der Waals surface area contributed by atoms with Crippen LogP contribution < -0.4 is 5.32 Å². The molecule has 1 aliphatic heterocycles. The number of nitrogens with one attached hydrogen (secondary N) is 1. The van der Waals surface area contributed by atoms with Crippen molar-refractivity contribution in [3.63, 3.8) is 0 Å². The molecule has 0 spiro atoms. The highest BCUT2D eigenvalue weighted by Gasteiger charge is 2.40. The molecule has 0 unspecified atom stereocenters. The van der Waals surface area contributed by atoms with E-state index in [1.165, 1.54) is 0 Å². The first kappa shape index (κ1) is 15.6. The van der Waals surface area contributed by atoms with Gasteiger partial charge in [0.1, 0.15) is 6.10 Å². The first-order valence-corrected chi connectivity index (χ1v) is 9.14. The van der Waals surface area contributed by atoms with E-state index in [-0.39, 0.29) is 11.5 Å². The predicted molar refractivity (Wildman–Crippen MR) is 88.2 cm³/mol. The molecule has 5 nitrogen and oxygen atoms in total. The Bertz CT molecular complexity index is 775. The highest BCUT2D eigenvalue weighted by Crippen LogP contribution is 2.21. The average molecular weight is 331 g/mol. The predicted octanol–water partition coefficient (Wildman–Crippen LogP) is 2.12. The topological polar surface area (TPSA) is 72.5 Å². The van der Waals surface area contributed by atoms with E-state index >= 15 is 0 Å². The van der Waals surface area contributed by atoms with Gasteiger partial charge in [0.05, 0.1) is 23.1 Å². The molecule has 3 rings (SSSR count). The first-order valence-electron chi connectivity index (χ1n) is 7.31. The molecule has 23 heavy (non-hydrogen) atoms. The third-order valence-electron chi connectivity index (χ3n) is 3.69. The largest absolute Gasteiger partial charge is 0.455 e. The van der Waals surface area contributed by atoms with Crippen molar-refractivity contribution in [2.75, 3.05) is 16.8 Å². The highest BCUT2D eigenvalue weighted by atomic mass is 32.2. The van der Waals surface area contributed by atoms with Crippen LogP contribution in [0.1, 0.15) is 10.4 Å². The summed E-state index contributed by atoms with van der Waals surface area (Å²) in [5.41, 5.74) is 1.21. The van der Waals surface area contributed by atoms with Gasteiger partial charge in [-0.2, -0.15) is 0 Å². The smallest absolute Gasteiger partial charge is 0.338 e. The molecular formula is C17H17NO4S. The minimum absolute atomic E-state index is 0.0470. The summed E-state index contributed by atoms with van der Waals surface area (Å²) in [6.45, 7) is 0. The molecule has 120 valence electrons. The van der Waals surface area contributed by atoms with Gasteiger partial charge in [-0.3, -0.25) is 0 Å². The van der Waals surface area contributed by atoms with E-state index in [0.29, 0.717) is 5.56 Å². The fraction of sp³-hybridized carbons (Fsp3) is 0.235. The second-order valence-corrected chi connectivity index (χ2v) is 7.66. The van der Waals surface area contributed by atoms with E-state index < -0.39 is 28.0 Å². The number of carbonyl (C=O) groups excluding carboxylic acids is 1. The normalized spacial score (nSPS) is 22.4. The van der Waals surface area contributed by atoms with Crippen LogP contribution in [0.3, 0.4) is 0 Å². The van der Waals surface area contributed by atoms with Gasteiger partial charge in [-0.25, -0.2) is 13.2 Å². The van der Waals surface area contributed by atoms with Crippen LogP contribution >= 0.6 is 0 Å². The minimum Gasteiger partial charge on any atom is -0.455 e. The molecule has 0 aromatic heterocycles. The Morgan fingerprint density at radius 2 is 1.57 bits per heavy atom. The van der Waals surface area contributed by atoms with Crippen LogP contribution in [-0.2, 0) is 14.6 Å². The summed E-state index contributed by atoms with van der Waals surface area (Å²) >= 11 is 0. The van der Waals surface area contributed by atoms with Crippen LogP contribution in [0.2, 0.25) is 0 Å². The molecule has 0 bridgehead atoms. The maximum atomic E-state index is 12.2. The van der Waals surface area contributed by atoms with E-state index in [0.717, 1.165) is 5.69 Å². The lowest BCUT2D eigenvalue weighted by atomic mass is 10.2. The van der Waals surface area contributed by atoms with Crippen molar-refractivity contribution in [1.82, 2.24) is 0 Å². The summed E-state index contributed by atoms with van der Waals surface area (Å²) in [6.07, 6.45) is -0.701. The van der Waals surface area contributed by atoms with Crippen LogP contribution in [0.15, 0.2) is 60.7 Å². The Labute approximate surface area is 135 Å². The molecule has 0 aliphatic carbocycles. The van der Waals surface area contributed by atoms with Crippen LogP contribution in [0.4, 0.5) is 5.69 Å². The third kappa shape index (κ3) is 3.90. The molecular weight excluding hydrogens is 314 g/mol. The Hall–Kier alpha value is -2.34.